The van der Waals surface area contributed by atoms with Crippen LogP contribution in [0.4, 0.5) is 0 Å². The zero-order valence-electron chi connectivity index (χ0n) is 17.2. The molecule has 3 aromatic carbocycles. The van der Waals surface area contributed by atoms with Gasteiger partial charge in [0.1, 0.15) is 18.1 Å². The van der Waals surface area contributed by atoms with Crippen LogP contribution in [-0.2, 0) is 13.0 Å². The highest BCUT2D eigenvalue weighted by atomic mass is 16.5. The molecule has 1 amide bonds. The minimum absolute atomic E-state index is 0.101. The van der Waals surface area contributed by atoms with E-state index in [9.17, 15) is 4.79 Å². The summed E-state index contributed by atoms with van der Waals surface area (Å²) < 4.78 is 11.4. The van der Waals surface area contributed by atoms with Gasteiger partial charge in [-0.05, 0) is 67.3 Å². The molecule has 0 unspecified atom stereocenters. The summed E-state index contributed by atoms with van der Waals surface area (Å²) in [5.74, 6) is 1.41. The number of amides is 1. The van der Waals surface area contributed by atoms with Gasteiger partial charge in [0.05, 0.1) is 7.11 Å². The number of hydrogen-bond acceptors (Lipinski definition) is 3. The molecule has 3 rings (SSSR count). The molecule has 0 bridgehead atoms. The molecule has 0 radical (unpaired) electrons. The van der Waals surface area contributed by atoms with Crippen LogP contribution in [0.25, 0.3) is 0 Å². The zero-order chi connectivity index (χ0) is 20.6. The number of ether oxygens (including phenoxy) is 2. The molecule has 0 aliphatic heterocycles. The maximum Gasteiger partial charge on any atom is 0.251 e. The lowest BCUT2D eigenvalue weighted by atomic mass is 10.1. The number of methoxy groups -OCH3 is 1. The Hall–Kier alpha value is -3.27. The molecule has 0 heterocycles. The van der Waals surface area contributed by atoms with Gasteiger partial charge in [0.15, 0.2) is 0 Å². The van der Waals surface area contributed by atoms with Crippen LogP contribution in [0.5, 0.6) is 11.5 Å². The van der Waals surface area contributed by atoms with Crippen molar-refractivity contribution >= 4 is 5.91 Å². The predicted molar refractivity (Wildman–Crippen MR) is 116 cm³/mol. The van der Waals surface area contributed by atoms with E-state index in [2.05, 4.69) is 23.5 Å². The molecule has 3 aromatic rings. The highest BCUT2D eigenvalue weighted by molar-refractivity contribution is 5.94. The summed E-state index contributed by atoms with van der Waals surface area (Å²) in [4.78, 5) is 12.6. The first kappa shape index (κ1) is 20.5. The SMILES string of the molecule is COc1ccc(C(=O)NCCc2ccccc2)cc1COc1cc(C)cc(C)c1. The van der Waals surface area contributed by atoms with Crippen LogP contribution in [0.2, 0.25) is 0 Å². The van der Waals surface area contributed by atoms with Crippen molar-refractivity contribution in [1.29, 1.82) is 0 Å². The lowest BCUT2D eigenvalue weighted by Crippen LogP contribution is -2.25. The fourth-order valence-corrected chi connectivity index (χ4v) is 3.28. The second-order valence-electron chi connectivity index (χ2n) is 7.13. The average molecular weight is 389 g/mol. The van der Waals surface area contributed by atoms with E-state index in [1.54, 1.807) is 13.2 Å². The molecule has 0 aliphatic carbocycles. The van der Waals surface area contributed by atoms with Gasteiger partial charge < -0.3 is 14.8 Å². The standard InChI is InChI=1S/C25H27NO3/c1-18-13-19(2)15-23(14-18)29-17-22-16-21(9-10-24(22)28-3)25(27)26-12-11-20-7-5-4-6-8-20/h4-10,13-16H,11-12,17H2,1-3H3,(H,26,27). The van der Waals surface area contributed by atoms with Crippen LogP contribution in [0, 0.1) is 13.8 Å². The van der Waals surface area contributed by atoms with Crippen molar-refractivity contribution in [3.05, 3.63) is 94.5 Å². The van der Waals surface area contributed by atoms with Gasteiger partial charge >= 0.3 is 0 Å². The minimum Gasteiger partial charge on any atom is -0.496 e. The topological polar surface area (TPSA) is 47.6 Å². The second-order valence-corrected chi connectivity index (χ2v) is 7.13. The lowest BCUT2D eigenvalue weighted by molar-refractivity contribution is 0.0954. The summed E-state index contributed by atoms with van der Waals surface area (Å²) in [6.45, 7) is 5.00. The van der Waals surface area contributed by atoms with Crippen LogP contribution in [0.1, 0.15) is 32.6 Å². The zero-order valence-corrected chi connectivity index (χ0v) is 17.2. The van der Waals surface area contributed by atoms with E-state index in [1.807, 2.05) is 56.3 Å². The van der Waals surface area contributed by atoms with Gasteiger partial charge in [-0.25, -0.2) is 0 Å². The van der Waals surface area contributed by atoms with Crippen LogP contribution < -0.4 is 14.8 Å². The fraction of sp³-hybridized carbons (Fsp3) is 0.240. The molecule has 0 saturated heterocycles. The van der Waals surface area contributed by atoms with Crippen LogP contribution in [0.15, 0.2) is 66.7 Å². The molecule has 0 spiro atoms. The maximum absolute atomic E-state index is 12.6. The number of hydrogen-bond donors (Lipinski definition) is 1. The number of aryl methyl sites for hydroxylation is 2. The van der Waals surface area contributed by atoms with Gasteiger partial charge in [-0.3, -0.25) is 4.79 Å². The average Bonchev–Trinajstić information content (AvgIpc) is 2.72. The summed E-state index contributed by atoms with van der Waals surface area (Å²) in [5.41, 5.74) is 4.93. The smallest absolute Gasteiger partial charge is 0.251 e. The van der Waals surface area contributed by atoms with Crippen molar-refractivity contribution in [2.24, 2.45) is 0 Å². The fourth-order valence-electron chi connectivity index (χ4n) is 3.28. The highest BCUT2D eigenvalue weighted by Gasteiger charge is 2.11. The van der Waals surface area contributed by atoms with Crippen molar-refractivity contribution in [3.63, 3.8) is 0 Å². The first-order chi connectivity index (χ1) is 14.0. The van der Waals surface area contributed by atoms with Crippen molar-refractivity contribution in [3.8, 4) is 11.5 Å². The van der Waals surface area contributed by atoms with Crippen molar-refractivity contribution in [2.75, 3.05) is 13.7 Å². The summed E-state index contributed by atoms with van der Waals surface area (Å²) in [6, 6.07) is 21.6. The Morgan fingerprint density at radius 3 is 2.34 bits per heavy atom. The van der Waals surface area contributed by atoms with E-state index < -0.39 is 0 Å². The molecule has 0 aromatic heterocycles. The Balaban J connectivity index is 1.64. The third-order valence-corrected chi connectivity index (χ3v) is 4.67. The van der Waals surface area contributed by atoms with Gasteiger partial charge in [-0.1, -0.05) is 36.4 Å². The van der Waals surface area contributed by atoms with Gasteiger partial charge in [-0.2, -0.15) is 0 Å². The van der Waals surface area contributed by atoms with Gasteiger partial charge in [0, 0.05) is 17.7 Å². The van der Waals surface area contributed by atoms with Crippen molar-refractivity contribution in [1.82, 2.24) is 5.32 Å². The van der Waals surface area contributed by atoms with Crippen LogP contribution >= 0.6 is 0 Å². The summed E-state index contributed by atoms with van der Waals surface area (Å²) in [7, 11) is 1.62. The Morgan fingerprint density at radius 1 is 0.931 bits per heavy atom. The Bertz CT molecular complexity index is 947. The monoisotopic (exact) mass is 389 g/mol. The Labute approximate surface area is 172 Å². The minimum atomic E-state index is -0.101. The molecule has 4 nitrogen and oxygen atoms in total. The predicted octanol–water partition coefficient (Wildman–Crippen LogP) is 4.86. The Morgan fingerprint density at radius 2 is 1.66 bits per heavy atom. The van der Waals surface area contributed by atoms with E-state index >= 15 is 0 Å². The van der Waals surface area contributed by atoms with Crippen LogP contribution in [-0.4, -0.2) is 19.6 Å². The molecule has 1 N–H and O–H groups in total. The molecule has 150 valence electrons. The van der Waals surface area contributed by atoms with E-state index in [1.165, 1.54) is 5.56 Å². The highest BCUT2D eigenvalue weighted by Crippen LogP contribution is 2.23. The quantitative estimate of drug-likeness (QED) is 0.598. The van der Waals surface area contributed by atoms with Gasteiger partial charge in [0.2, 0.25) is 0 Å². The molecule has 0 fully saturated rings. The second kappa shape index (κ2) is 9.78. The molecular weight excluding hydrogens is 362 g/mol. The third-order valence-electron chi connectivity index (χ3n) is 4.67. The van der Waals surface area contributed by atoms with E-state index in [-0.39, 0.29) is 5.91 Å². The Kier molecular flexibility index (Phi) is 6.90. The maximum atomic E-state index is 12.6. The number of carbonyl (C=O) groups is 1. The largest absolute Gasteiger partial charge is 0.496 e. The summed E-state index contributed by atoms with van der Waals surface area (Å²) in [5, 5.41) is 2.98. The molecule has 0 atom stereocenters. The molecule has 29 heavy (non-hydrogen) atoms. The van der Waals surface area contributed by atoms with Gasteiger partial charge in [-0.15, -0.1) is 0 Å². The van der Waals surface area contributed by atoms with Crippen LogP contribution in [0.3, 0.4) is 0 Å². The van der Waals surface area contributed by atoms with Gasteiger partial charge in [0.25, 0.3) is 5.91 Å². The summed E-state index contributed by atoms with van der Waals surface area (Å²) >= 11 is 0. The molecule has 4 heteroatoms. The number of nitrogens with one attached hydrogen (secondary N) is 1. The lowest BCUT2D eigenvalue weighted by Gasteiger charge is -2.13. The van der Waals surface area contributed by atoms with E-state index in [0.29, 0.717) is 24.5 Å². The first-order valence-corrected chi connectivity index (χ1v) is 9.75. The number of benzene rings is 3. The van der Waals surface area contributed by atoms with Crippen molar-refractivity contribution in [2.45, 2.75) is 26.9 Å². The third kappa shape index (κ3) is 5.85. The summed E-state index contributed by atoms with van der Waals surface area (Å²) in [6.07, 6.45) is 0.797. The van der Waals surface area contributed by atoms with Crippen molar-refractivity contribution < 1.29 is 14.3 Å². The molecular formula is C25H27NO3. The molecule has 0 saturated carbocycles. The van der Waals surface area contributed by atoms with E-state index in [0.717, 1.165) is 28.9 Å². The number of rotatable bonds is 8. The first-order valence-electron chi connectivity index (χ1n) is 9.75. The normalized spacial score (nSPS) is 10.4. The molecule has 0 aliphatic rings. The van der Waals surface area contributed by atoms with E-state index in [4.69, 9.17) is 9.47 Å². The number of carbonyl (C=O) groups excluding carboxylic acids is 1.